The van der Waals surface area contributed by atoms with Crippen molar-refractivity contribution in [2.24, 2.45) is 0 Å². The van der Waals surface area contributed by atoms with Gasteiger partial charge in [-0.2, -0.15) is 0 Å². The fourth-order valence-corrected chi connectivity index (χ4v) is 3.64. The molecule has 140 valence electrons. The summed E-state index contributed by atoms with van der Waals surface area (Å²) in [7, 11) is 0. The van der Waals surface area contributed by atoms with Crippen molar-refractivity contribution in [2.45, 2.75) is 25.9 Å². The summed E-state index contributed by atoms with van der Waals surface area (Å²) in [5, 5.41) is 3.02. The van der Waals surface area contributed by atoms with Crippen molar-refractivity contribution in [3.8, 4) is 0 Å². The first kappa shape index (κ1) is 18.0. The van der Waals surface area contributed by atoms with Gasteiger partial charge in [-0.25, -0.2) is 0 Å². The van der Waals surface area contributed by atoms with Crippen molar-refractivity contribution in [2.75, 3.05) is 5.32 Å². The van der Waals surface area contributed by atoms with Crippen LogP contribution in [0.5, 0.6) is 0 Å². The Morgan fingerprint density at radius 3 is 2.39 bits per heavy atom. The van der Waals surface area contributed by atoms with E-state index >= 15 is 0 Å². The molecular weight excluding hydrogens is 348 g/mol. The third kappa shape index (κ3) is 3.54. The Morgan fingerprint density at radius 1 is 0.964 bits per heavy atom. The number of benzene rings is 3. The van der Waals surface area contributed by atoms with Crippen LogP contribution >= 0.6 is 0 Å². The van der Waals surface area contributed by atoms with Crippen LogP contribution in [-0.2, 0) is 17.8 Å². The van der Waals surface area contributed by atoms with Crippen LogP contribution in [0.25, 0.3) is 0 Å². The van der Waals surface area contributed by atoms with Gasteiger partial charge in [0.05, 0.1) is 0 Å². The van der Waals surface area contributed by atoms with E-state index in [1.165, 1.54) is 0 Å². The Kier molecular flexibility index (Phi) is 4.94. The smallest absolute Gasteiger partial charge is 0.255 e. The Bertz CT molecular complexity index is 1010. The topological polar surface area (TPSA) is 49.4 Å². The van der Waals surface area contributed by atoms with Gasteiger partial charge in [-0.1, -0.05) is 66.7 Å². The van der Waals surface area contributed by atoms with Crippen LogP contribution in [-0.4, -0.2) is 22.8 Å². The number of nitrogens with zero attached hydrogens (tertiary/aromatic N) is 1. The van der Waals surface area contributed by atoms with Crippen molar-refractivity contribution >= 4 is 17.5 Å². The third-order valence-corrected chi connectivity index (χ3v) is 5.20. The van der Waals surface area contributed by atoms with E-state index in [-0.39, 0.29) is 11.8 Å². The van der Waals surface area contributed by atoms with Gasteiger partial charge in [-0.3, -0.25) is 9.59 Å². The van der Waals surface area contributed by atoms with Gasteiger partial charge in [0.15, 0.2) is 0 Å². The Hall–Kier alpha value is -3.40. The van der Waals surface area contributed by atoms with Crippen LogP contribution in [0.2, 0.25) is 0 Å². The summed E-state index contributed by atoms with van der Waals surface area (Å²) in [5.74, 6) is -0.254. The lowest BCUT2D eigenvalue weighted by Crippen LogP contribution is -2.45. The molecule has 0 fully saturated rings. The minimum absolute atomic E-state index is 0.0866. The number of hydrogen-bond donors (Lipinski definition) is 1. The predicted molar refractivity (Wildman–Crippen MR) is 110 cm³/mol. The highest BCUT2D eigenvalue weighted by molar-refractivity contribution is 6.03. The van der Waals surface area contributed by atoms with E-state index in [2.05, 4.69) is 5.32 Å². The monoisotopic (exact) mass is 370 g/mol. The van der Waals surface area contributed by atoms with Gasteiger partial charge in [0.1, 0.15) is 6.04 Å². The SMILES string of the molecule is Cc1ccccc1NC(=O)C(Cc1ccccc1)N1Cc2ccccc2C1=O. The normalized spacial score (nSPS) is 13.9. The molecule has 28 heavy (non-hydrogen) atoms. The fraction of sp³-hybridized carbons (Fsp3) is 0.167. The van der Waals surface area contributed by atoms with Crippen LogP contribution in [0.15, 0.2) is 78.9 Å². The number of anilines is 1. The zero-order chi connectivity index (χ0) is 19.5. The molecule has 1 N–H and O–H groups in total. The van der Waals surface area contributed by atoms with Crippen molar-refractivity contribution in [1.29, 1.82) is 0 Å². The molecule has 0 spiro atoms. The maximum absolute atomic E-state index is 13.2. The molecule has 0 aromatic heterocycles. The minimum Gasteiger partial charge on any atom is -0.324 e. The number of hydrogen-bond acceptors (Lipinski definition) is 2. The van der Waals surface area contributed by atoms with Crippen molar-refractivity contribution in [1.82, 2.24) is 4.90 Å². The molecule has 1 atom stereocenters. The number of carbonyl (C=O) groups is 2. The number of amides is 2. The third-order valence-electron chi connectivity index (χ3n) is 5.20. The largest absolute Gasteiger partial charge is 0.324 e. The molecule has 0 radical (unpaired) electrons. The molecule has 4 heteroatoms. The zero-order valence-electron chi connectivity index (χ0n) is 15.8. The van der Waals surface area contributed by atoms with E-state index in [1.807, 2.05) is 85.8 Å². The lowest BCUT2D eigenvalue weighted by Gasteiger charge is -2.27. The van der Waals surface area contributed by atoms with Crippen LogP contribution < -0.4 is 5.32 Å². The molecule has 2 amide bonds. The summed E-state index contributed by atoms with van der Waals surface area (Å²) in [6.45, 7) is 2.41. The second-order valence-corrected chi connectivity index (χ2v) is 7.10. The van der Waals surface area contributed by atoms with Gasteiger partial charge in [0.2, 0.25) is 5.91 Å². The summed E-state index contributed by atoms with van der Waals surface area (Å²) in [5.41, 5.74) is 4.44. The van der Waals surface area contributed by atoms with E-state index in [9.17, 15) is 9.59 Å². The van der Waals surface area contributed by atoms with Gasteiger partial charge >= 0.3 is 0 Å². The van der Waals surface area contributed by atoms with Crippen LogP contribution in [0.3, 0.4) is 0 Å². The van der Waals surface area contributed by atoms with Crippen molar-refractivity contribution in [3.63, 3.8) is 0 Å². The molecule has 0 aliphatic carbocycles. The molecule has 1 aliphatic rings. The average molecular weight is 370 g/mol. The Labute approximate surface area is 164 Å². The summed E-state index contributed by atoms with van der Waals surface area (Å²) in [6, 6.07) is 24.5. The maximum Gasteiger partial charge on any atom is 0.255 e. The maximum atomic E-state index is 13.2. The summed E-state index contributed by atoms with van der Waals surface area (Å²) in [6.07, 6.45) is 0.471. The van der Waals surface area contributed by atoms with Crippen molar-refractivity contribution < 1.29 is 9.59 Å². The molecule has 3 aromatic carbocycles. The molecule has 0 bridgehead atoms. The molecule has 1 heterocycles. The van der Waals surface area contributed by atoms with Gasteiger partial charge in [0.25, 0.3) is 5.91 Å². The highest BCUT2D eigenvalue weighted by Gasteiger charge is 2.36. The summed E-state index contributed by atoms with van der Waals surface area (Å²) >= 11 is 0. The quantitative estimate of drug-likeness (QED) is 0.732. The molecule has 1 aliphatic heterocycles. The highest BCUT2D eigenvalue weighted by atomic mass is 16.2. The van der Waals surface area contributed by atoms with E-state index < -0.39 is 6.04 Å². The van der Waals surface area contributed by atoms with Gasteiger partial charge < -0.3 is 10.2 Å². The fourth-order valence-electron chi connectivity index (χ4n) is 3.64. The number of nitrogens with one attached hydrogen (secondary N) is 1. The number of para-hydroxylation sites is 1. The van der Waals surface area contributed by atoms with Crippen LogP contribution in [0.1, 0.15) is 27.0 Å². The number of carbonyl (C=O) groups excluding carboxylic acids is 2. The molecule has 3 aromatic rings. The summed E-state index contributed by atoms with van der Waals surface area (Å²) in [4.78, 5) is 27.9. The molecule has 0 saturated carbocycles. The number of rotatable bonds is 5. The second-order valence-electron chi connectivity index (χ2n) is 7.10. The zero-order valence-corrected chi connectivity index (χ0v) is 15.8. The lowest BCUT2D eigenvalue weighted by atomic mass is 10.0. The second kappa shape index (κ2) is 7.69. The average Bonchev–Trinajstić information content (AvgIpc) is 3.05. The highest BCUT2D eigenvalue weighted by Crippen LogP contribution is 2.26. The molecular formula is C24H22N2O2. The van der Waals surface area contributed by atoms with Gasteiger partial charge in [-0.15, -0.1) is 0 Å². The van der Waals surface area contributed by atoms with E-state index in [0.717, 1.165) is 22.4 Å². The predicted octanol–water partition coefficient (Wildman–Crippen LogP) is 4.20. The Balaban J connectivity index is 1.64. The van der Waals surface area contributed by atoms with Crippen LogP contribution in [0, 0.1) is 6.92 Å². The lowest BCUT2D eigenvalue weighted by molar-refractivity contribution is -0.120. The molecule has 1 unspecified atom stereocenters. The standard InChI is InChI=1S/C24H22N2O2/c1-17-9-5-8-14-21(17)25-23(27)22(15-18-10-3-2-4-11-18)26-16-19-12-6-7-13-20(19)24(26)28/h2-14,22H,15-16H2,1H3,(H,25,27). The molecule has 4 rings (SSSR count). The summed E-state index contributed by atoms with van der Waals surface area (Å²) < 4.78 is 0. The van der Waals surface area contributed by atoms with E-state index in [0.29, 0.717) is 18.5 Å². The minimum atomic E-state index is -0.582. The molecule has 0 saturated heterocycles. The van der Waals surface area contributed by atoms with E-state index in [1.54, 1.807) is 4.90 Å². The number of fused-ring (bicyclic) bond motifs is 1. The molecule has 4 nitrogen and oxygen atoms in total. The number of aryl methyl sites for hydroxylation is 1. The van der Waals surface area contributed by atoms with E-state index in [4.69, 9.17) is 0 Å². The van der Waals surface area contributed by atoms with Crippen LogP contribution in [0.4, 0.5) is 5.69 Å². The first-order valence-electron chi connectivity index (χ1n) is 9.43. The van der Waals surface area contributed by atoms with Gasteiger partial charge in [0, 0.05) is 24.2 Å². The van der Waals surface area contributed by atoms with Crippen molar-refractivity contribution in [3.05, 3.63) is 101 Å². The Morgan fingerprint density at radius 2 is 1.64 bits per heavy atom. The first-order valence-corrected chi connectivity index (χ1v) is 9.43. The first-order chi connectivity index (χ1) is 13.6. The van der Waals surface area contributed by atoms with Gasteiger partial charge in [-0.05, 0) is 35.7 Å².